The quantitative estimate of drug-likeness (QED) is 0.721. The van der Waals surface area contributed by atoms with Crippen molar-refractivity contribution >= 4 is 32.8 Å². The Bertz CT molecular complexity index is 921. The van der Waals surface area contributed by atoms with Crippen LogP contribution in [0.15, 0.2) is 71.1 Å². The average Bonchev–Trinajstić information content (AvgIpc) is 3.10. The lowest BCUT2D eigenvalue weighted by Gasteiger charge is -2.11. The van der Waals surface area contributed by atoms with E-state index in [1.54, 1.807) is 47.8 Å². The van der Waals surface area contributed by atoms with Crippen molar-refractivity contribution in [2.45, 2.75) is 4.90 Å². The number of nitrogens with one attached hydrogen (secondary N) is 1. The molecule has 0 aliphatic carbocycles. The fraction of sp³-hybridized carbons (Fsp3) is 0. The zero-order chi connectivity index (χ0) is 16.3. The summed E-state index contributed by atoms with van der Waals surface area (Å²) in [5.74, 6) is -0.314. The van der Waals surface area contributed by atoms with E-state index in [1.165, 1.54) is 29.7 Å². The largest absolute Gasteiger partial charge is 0.286 e. The molecule has 0 amide bonds. The van der Waals surface area contributed by atoms with Crippen LogP contribution in [0, 0.1) is 0 Å². The molecule has 7 heteroatoms. The molecule has 0 unspecified atom stereocenters. The first-order chi connectivity index (χ1) is 11.1. The van der Waals surface area contributed by atoms with Gasteiger partial charge in [-0.15, -0.1) is 11.3 Å². The summed E-state index contributed by atoms with van der Waals surface area (Å²) >= 11 is 1.21. The Labute approximate surface area is 137 Å². The van der Waals surface area contributed by atoms with Crippen molar-refractivity contribution in [3.8, 4) is 0 Å². The molecule has 0 saturated heterocycles. The van der Waals surface area contributed by atoms with Crippen LogP contribution in [0.1, 0.15) is 15.4 Å². The molecule has 0 radical (unpaired) electrons. The standard InChI is InChI=1S/C16H12N2O3S2/c19-15(16-17-10-11-22-16)13-8-4-5-9-14(13)18-23(20,21)12-6-2-1-3-7-12/h1-11,18H. The van der Waals surface area contributed by atoms with E-state index in [-0.39, 0.29) is 21.9 Å². The molecule has 0 spiro atoms. The lowest BCUT2D eigenvalue weighted by molar-refractivity contribution is 0.103. The SMILES string of the molecule is O=C(c1nccs1)c1ccccc1NS(=O)(=O)c1ccccc1. The first-order valence-electron chi connectivity index (χ1n) is 6.69. The van der Waals surface area contributed by atoms with Crippen molar-refractivity contribution in [2.75, 3.05) is 4.72 Å². The van der Waals surface area contributed by atoms with Gasteiger partial charge in [0.2, 0.25) is 5.78 Å². The van der Waals surface area contributed by atoms with E-state index in [2.05, 4.69) is 9.71 Å². The number of aromatic nitrogens is 1. The maximum atomic E-state index is 12.5. The van der Waals surface area contributed by atoms with Crippen LogP contribution < -0.4 is 4.72 Å². The van der Waals surface area contributed by atoms with Gasteiger partial charge in [-0.2, -0.15) is 0 Å². The van der Waals surface area contributed by atoms with Crippen molar-refractivity contribution < 1.29 is 13.2 Å². The Kier molecular flexibility index (Phi) is 4.22. The van der Waals surface area contributed by atoms with Crippen LogP contribution in [0.25, 0.3) is 0 Å². The van der Waals surface area contributed by atoms with Crippen molar-refractivity contribution in [1.82, 2.24) is 4.98 Å². The highest BCUT2D eigenvalue weighted by Gasteiger charge is 2.20. The van der Waals surface area contributed by atoms with Crippen molar-refractivity contribution in [3.63, 3.8) is 0 Å². The van der Waals surface area contributed by atoms with Gasteiger partial charge in [-0.25, -0.2) is 13.4 Å². The van der Waals surface area contributed by atoms with Crippen LogP contribution in [0.5, 0.6) is 0 Å². The Morgan fingerprint density at radius 1 is 1.00 bits per heavy atom. The van der Waals surface area contributed by atoms with E-state index in [0.717, 1.165) is 0 Å². The van der Waals surface area contributed by atoms with E-state index in [1.807, 2.05) is 0 Å². The average molecular weight is 344 g/mol. The number of hydrogen-bond donors (Lipinski definition) is 1. The first-order valence-corrected chi connectivity index (χ1v) is 9.05. The number of carbonyl (C=O) groups excluding carboxylic acids is 1. The zero-order valence-electron chi connectivity index (χ0n) is 11.8. The number of anilines is 1. The molecular weight excluding hydrogens is 332 g/mol. The predicted octanol–water partition coefficient (Wildman–Crippen LogP) is 3.17. The fourth-order valence-electron chi connectivity index (χ4n) is 2.02. The third kappa shape index (κ3) is 3.30. The van der Waals surface area contributed by atoms with Gasteiger partial charge in [0.15, 0.2) is 5.01 Å². The Hall–Kier alpha value is -2.51. The number of sulfonamides is 1. The second-order valence-electron chi connectivity index (χ2n) is 4.63. The van der Waals surface area contributed by atoms with Crippen molar-refractivity contribution in [2.24, 2.45) is 0 Å². The maximum absolute atomic E-state index is 12.5. The van der Waals surface area contributed by atoms with E-state index in [4.69, 9.17) is 0 Å². The summed E-state index contributed by atoms with van der Waals surface area (Å²) in [6.07, 6.45) is 1.54. The number of thiazole rings is 1. The minimum absolute atomic E-state index is 0.136. The summed E-state index contributed by atoms with van der Waals surface area (Å²) < 4.78 is 27.3. The second kappa shape index (κ2) is 6.31. The molecule has 5 nitrogen and oxygen atoms in total. The molecule has 1 heterocycles. The zero-order valence-corrected chi connectivity index (χ0v) is 13.5. The van der Waals surface area contributed by atoms with Gasteiger partial charge >= 0.3 is 0 Å². The Morgan fingerprint density at radius 2 is 1.70 bits per heavy atom. The number of rotatable bonds is 5. The summed E-state index contributed by atoms with van der Waals surface area (Å²) in [5, 5.41) is 2.01. The molecule has 0 saturated carbocycles. The van der Waals surface area contributed by atoms with Gasteiger partial charge in [-0.1, -0.05) is 30.3 Å². The normalized spacial score (nSPS) is 11.1. The van der Waals surface area contributed by atoms with E-state index >= 15 is 0 Å². The number of hydrogen-bond acceptors (Lipinski definition) is 5. The summed E-state index contributed by atoms with van der Waals surface area (Å²) in [7, 11) is -3.76. The van der Waals surface area contributed by atoms with Gasteiger partial charge in [0.05, 0.1) is 10.6 Å². The van der Waals surface area contributed by atoms with Gasteiger partial charge in [0, 0.05) is 17.1 Å². The smallest absolute Gasteiger partial charge is 0.261 e. The highest BCUT2D eigenvalue weighted by atomic mass is 32.2. The van der Waals surface area contributed by atoms with Crippen LogP contribution in [0.2, 0.25) is 0 Å². The lowest BCUT2D eigenvalue weighted by Crippen LogP contribution is -2.15. The summed E-state index contributed by atoms with van der Waals surface area (Å²) in [4.78, 5) is 16.6. The fourth-order valence-corrected chi connectivity index (χ4v) is 3.71. The van der Waals surface area contributed by atoms with E-state index in [9.17, 15) is 13.2 Å². The molecule has 0 fully saturated rings. The summed E-state index contributed by atoms with van der Waals surface area (Å²) in [6, 6.07) is 14.5. The third-order valence-corrected chi connectivity index (χ3v) is 5.25. The van der Waals surface area contributed by atoms with Gasteiger partial charge in [-0.3, -0.25) is 9.52 Å². The molecule has 0 atom stereocenters. The maximum Gasteiger partial charge on any atom is 0.261 e. The van der Waals surface area contributed by atoms with Crippen molar-refractivity contribution in [1.29, 1.82) is 0 Å². The van der Waals surface area contributed by atoms with Gasteiger partial charge in [0.25, 0.3) is 10.0 Å². The molecule has 3 aromatic rings. The molecule has 3 rings (SSSR count). The second-order valence-corrected chi connectivity index (χ2v) is 7.21. The molecule has 116 valence electrons. The number of para-hydroxylation sites is 1. The number of carbonyl (C=O) groups is 1. The van der Waals surface area contributed by atoms with Gasteiger partial charge in [-0.05, 0) is 24.3 Å². The Morgan fingerprint density at radius 3 is 2.39 bits per heavy atom. The topological polar surface area (TPSA) is 76.1 Å². The summed E-state index contributed by atoms with van der Waals surface area (Å²) in [6.45, 7) is 0. The highest BCUT2D eigenvalue weighted by molar-refractivity contribution is 7.92. The van der Waals surface area contributed by atoms with Crippen LogP contribution >= 0.6 is 11.3 Å². The van der Waals surface area contributed by atoms with Crippen LogP contribution in [0.3, 0.4) is 0 Å². The van der Waals surface area contributed by atoms with E-state index < -0.39 is 10.0 Å². The highest BCUT2D eigenvalue weighted by Crippen LogP contribution is 2.23. The monoisotopic (exact) mass is 344 g/mol. The lowest BCUT2D eigenvalue weighted by atomic mass is 10.1. The molecule has 1 aromatic heterocycles. The molecule has 23 heavy (non-hydrogen) atoms. The van der Waals surface area contributed by atoms with Crippen LogP contribution in [-0.4, -0.2) is 19.2 Å². The molecule has 2 aromatic carbocycles. The molecular formula is C16H12N2O3S2. The predicted molar refractivity (Wildman–Crippen MR) is 89.2 cm³/mol. The van der Waals surface area contributed by atoms with E-state index in [0.29, 0.717) is 5.01 Å². The number of nitrogens with zero attached hydrogens (tertiary/aromatic N) is 1. The molecule has 1 N–H and O–H groups in total. The Balaban J connectivity index is 1.97. The summed E-state index contributed by atoms with van der Waals surface area (Å²) in [5.41, 5.74) is 0.499. The minimum Gasteiger partial charge on any atom is -0.286 e. The first kappa shape index (κ1) is 15.4. The van der Waals surface area contributed by atoms with Crippen molar-refractivity contribution in [3.05, 3.63) is 76.7 Å². The van der Waals surface area contributed by atoms with Gasteiger partial charge < -0.3 is 0 Å². The van der Waals surface area contributed by atoms with Crippen LogP contribution in [0.4, 0.5) is 5.69 Å². The van der Waals surface area contributed by atoms with Gasteiger partial charge in [0.1, 0.15) is 0 Å². The number of benzene rings is 2. The molecule has 0 bridgehead atoms. The third-order valence-electron chi connectivity index (χ3n) is 3.10. The molecule has 0 aliphatic heterocycles. The van der Waals surface area contributed by atoms with Crippen LogP contribution in [-0.2, 0) is 10.0 Å². The molecule has 0 aliphatic rings. The number of ketones is 1. The minimum atomic E-state index is -3.76.